The van der Waals surface area contributed by atoms with Crippen LogP contribution in [0.15, 0.2) is 65.0 Å². The molecular weight excluding hydrogens is 483 g/mol. The average Bonchev–Trinajstić information content (AvgIpc) is 3.21. The largest absolute Gasteiger partial charge is 0.497 e. The van der Waals surface area contributed by atoms with Crippen LogP contribution in [0.5, 0.6) is 5.75 Å². The lowest BCUT2D eigenvalue weighted by molar-refractivity contribution is 0.414. The molecule has 0 aliphatic carbocycles. The van der Waals surface area contributed by atoms with Gasteiger partial charge in [0.1, 0.15) is 10.8 Å². The Morgan fingerprint density at radius 3 is 2.50 bits per heavy atom. The molecule has 0 unspecified atom stereocenters. The van der Waals surface area contributed by atoms with Crippen LogP contribution < -0.4 is 15.4 Å². The zero-order chi connectivity index (χ0) is 18.9. The number of guanidine groups is 1. The number of aromatic nitrogens is 1. The zero-order valence-corrected chi connectivity index (χ0v) is 19.2. The highest BCUT2D eigenvalue weighted by molar-refractivity contribution is 14.0. The lowest BCUT2D eigenvalue weighted by Crippen LogP contribution is -2.37. The topological polar surface area (TPSA) is 58.5 Å². The van der Waals surface area contributed by atoms with E-state index in [1.165, 1.54) is 5.56 Å². The smallest absolute Gasteiger partial charge is 0.191 e. The van der Waals surface area contributed by atoms with E-state index in [9.17, 15) is 0 Å². The van der Waals surface area contributed by atoms with Crippen molar-refractivity contribution in [3.63, 3.8) is 0 Å². The number of benzene rings is 2. The maximum atomic E-state index is 5.18. The van der Waals surface area contributed by atoms with Crippen LogP contribution in [-0.4, -0.2) is 31.6 Å². The number of ether oxygens (including phenoxy) is 1. The Kier molecular flexibility index (Phi) is 9.22. The molecule has 0 bridgehead atoms. The van der Waals surface area contributed by atoms with Crippen LogP contribution in [0, 0.1) is 0 Å². The summed E-state index contributed by atoms with van der Waals surface area (Å²) in [4.78, 5) is 8.97. The molecule has 3 aromatic rings. The molecule has 0 fully saturated rings. The molecule has 0 saturated heterocycles. The summed E-state index contributed by atoms with van der Waals surface area (Å²) in [5.41, 5.74) is 3.41. The van der Waals surface area contributed by atoms with Gasteiger partial charge in [-0.05, 0) is 24.1 Å². The molecule has 1 aromatic heterocycles. The van der Waals surface area contributed by atoms with E-state index in [0.717, 1.165) is 40.9 Å². The minimum Gasteiger partial charge on any atom is -0.497 e. The molecule has 3 rings (SSSR count). The fraction of sp³-hybridized carbons (Fsp3) is 0.238. The van der Waals surface area contributed by atoms with Crippen molar-refractivity contribution in [1.29, 1.82) is 0 Å². The third-order valence-electron chi connectivity index (χ3n) is 4.12. The van der Waals surface area contributed by atoms with Crippen LogP contribution >= 0.6 is 35.3 Å². The number of thiazole rings is 1. The highest BCUT2D eigenvalue weighted by atomic mass is 127. The fourth-order valence-corrected chi connectivity index (χ4v) is 3.37. The van der Waals surface area contributed by atoms with E-state index in [1.807, 2.05) is 30.3 Å². The van der Waals surface area contributed by atoms with Gasteiger partial charge >= 0.3 is 0 Å². The molecule has 0 aliphatic heterocycles. The first kappa shape index (κ1) is 22.2. The van der Waals surface area contributed by atoms with Crippen LogP contribution in [0.25, 0.3) is 11.3 Å². The van der Waals surface area contributed by atoms with Gasteiger partial charge in [0.2, 0.25) is 0 Å². The van der Waals surface area contributed by atoms with Crippen molar-refractivity contribution in [2.24, 2.45) is 4.99 Å². The van der Waals surface area contributed by atoms with E-state index in [2.05, 4.69) is 45.3 Å². The molecule has 0 atom stereocenters. The van der Waals surface area contributed by atoms with Crippen LogP contribution in [0.2, 0.25) is 0 Å². The molecule has 0 amide bonds. The van der Waals surface area contributed by atoms with E-state index in [4.69, 9.17) is 9.72 Å². The lowest BCUT2D eigenvalue weighted by Gasteiger charge is -2.11. The van der Waals surface area contributed by atoms with Gasteiger partial charge in [-0.3, -0.25) is 4.99 Å². The summed E-state index contributed by atoms with van der Waals surface area (Å²) < 4.78 is 5.18. The van der Waals surface area contributed by atoms with Crippen LogP contribution in [0.4, 0.5) is 0 Å². The van der Waals surface area contributed by atoms with Crippen LogP contribution in [-0.2, 0) is 13.0 Å². The van der Waals surface area contributed by atoms with Crippen molar-refractivity contribution in [2.45, 2.75) is 13.0 Å². The van der Waals surface area contributed by atoms with E-state index < -0.39 is 0 Å². The second-order valence-corrected chi connectivity index (χ2v) is 6.89. The fourth-order valence-electron chi connectivity index (χ4n) is 2.63. The number of nitrogens with zero attached hydrogens (tertiary/aromatic N) is 2. The van der Waals surface area contributed by atoms with Crippen LogP contribution in [0.3, 0.4) is 0 Å². The predicted molar refractivity (Wildman–Crippen MR) is 128 cm³/mol. The van der Waals surface area contributed by atoms with E-state index in [0.29, 0.717) is 6.54 Å². The number of nitrogens with one attached hydrogen (secondary N) is 2. The Hall–Kier alpha value is -2.13. The molecule has 5 nitrogen and oxygen atoms in total. The summed E-state index contributed by atoms with van der Waals surface area (Å²) in [6.07, 6.45) is 0.917. The average molecular weight is 508 g/mol. The molecule has 0 spiro atoms. The van der Waals surface area contributed by atoms with Gasteiger partial charge in [0.25, 0.3) is 0 Å². The zero-order valence-electron chi connectivity index (χ0n) is 16.0. The highest BCUT2D eigenvalue weighted by Gasteiger charge is 2.05. The number of aliphatic imine (C=N–C) groups is 1. The Bertz CT molecular complexity index is 866. The SMILES string of the molecule is CN=C(NCCc1ccc(OC)cc1)NCc1nc(-c2ccccc2)cs1.I. The van der Waals surface area contributed by atoms with Gasteiger partial charge in [-0.15, -0.1) is 35.3 Å². The summed E-state index contributed by atoms with van der Waals surface area (Å²) in [5.74, 6) is 1.66. The lowest BCUT2D eigenvalue weighted by atomic mass is 10.1. The van der Waals surface area contributed by atoms with Gasteiger partial charge in [-0.25, -0.2) is 4.98 Å². The number of halogens is 1. The first-order chi connectivity index (χ1) is 13.3. The Morgan fingerprint density at radius 2 is 1.82 bits per heavy atom. The summed E-state index contributed by atoms with van der Waals surface area (Å²) in [6, 6.07) is 18.3. The van der Waals surface area contributed by atoms with Crippen molar-refractivity contribution < 1.29 is 4.74 Å². The standard InChI is InChI=1S/C21H24N4OS.HI/c1-22-21(23-13-12-16-8-10-18(26-2)11-9-16)24-14-20-25-19(15-27-20)17-6-4-3-5-7-17;/h3-11,15H,12-14H2,1-2H3,(H2,22,23,24);1H. The summed E-state index contributed by atoms with van der Waals surface area (Å²) in [7, 11) is 3.46. The van der Waals surface area contributed by atoms with Crippen molar-refractivity contribution >= 4 is 41.3 Å². The minimum absolute atomic E-state index is 0. The Labute approximate surface area is 187 Å². The van der Waals surface area contributed by atoms with Gasteiger partial charge in [0.05, 0.1) is 19.3 Å². The Morgan fingerprint density at radius 1 is 1.07 bits per heavy atom. The normalized spacial score (nSPS) is 10.9. The number of hydrogen-bond acceptors (Lipinski definition) is 4. The van der Waals surface area contributed by atoms with Gasteiger partial charge in [-0.2, -0.15) is 0 Å². The van der Waals surface area contributed by atoms with E-state index >= 15 is 0 Å². The first-order valence-electron chi connectivity index (χ1n) is 8.86. The van der Waals surface area contributed by atoms with E-state index in [1.54, 1.807) is 25.5 Å². The molecule has 2 N–H and O–H groups in total. The molecular formula is C21H25IN4OS. The number of hydrogen-bond donors (Lipinski definition) is 2. The molecule has 28 heavy (non-hydrogen) atoms. The van der Waals surface area contributed by atoms with Gasteiger partial charge < -0.3 is 15.4 Å². The maximum absolute atomic E-state index is 5.18. The van der Waals surface area contributed by atoms with Crippen molar-refractivity contribution in [2.75, 3.05) is 20.7 Å². The van der Waals surface area contributed by atoms with Gasteiger partial charge in [0.15, 0.2) is 5.96 Å². The van der Waals surface area contributed by atoms with Crippen molar-refractivity contribution in [3.8, 4) is 17.0 Å². The summed E-state index contributed by atoms with van der Waals surface area (Å²) >= 11 is 1.65. The molecule has 0 radical (unpaired) electrons. The molecule has 2 aromatic carbocycles. The molecule has 0 aliphatic rings. The third-order valence-corrected chi connectivity index (χ3v) is 4.97. The maximum Gasteiger partial charge on any atom is 0.191 e. The Balaban J connectivity index is 0.00000280. The first-order valence-corrected chi connectivity index (χ1v) is 9.73. The van der Waals surface area contributed by atoms with Crippen molar-refractivity contribution in [3.05, 3.63) is 70.5 Å². The molecule has 148 valence electrons. The predicted octanol–water partition coefficient (Wildman–Crippen LogP) is 4.34. The third kappa shape index (κ3) is 6.49. The van der Waals surface area contributed by atoms with Gasteiger partial charge in [0, 0.05) is 24.5 Å². The second-order valence-electron chi connectivity index (χ2n) is 5.94. The second kappa shape index (κ2) is 11.7. The number of methoxy groups -OCH3 is 1. The molecule has 1 heterocycles. The summed E-state index contributed by atoms with van der Waals surface area (Å²) in [6.45, 7) is 1.46. The minimum atomic E-state index is 0. The molecule has 7 heteroatoms. The quantitative estimate of drug-likeness (QED) is 0.283. The monoisotopic (exact) mass is 508 g/mol. The van der Waals surface area contributed by atoms with Gasteiger partial charge in [-0.1, -0.05) is 42.5 Å². The highest BCUT2D eigenvalue weighted by Crippen LogP contribution is 2.21. The summed E-state index contributed by atoms with van der Waals surface area (Å²) in [5, 5.41) is 9.79. The number of rotatable bonds is 7. The van der Waals surface area contributed by atoms with E-state index in [-0.39, 0.29) is 24.0 Å². The molecule has 0 saturated carbocycles. The van der Waals surface area contributed by atoms with Crippen molar-refractivity contribution in [1.82, 2.24) is 15.6 Å². The van der Waals surface area contributed by atoms with Crippen LogP contribution in [0.1, 0.15) is 10.6 Å².